The molecule has 9 heteroatoms. The molecule has 2 aromatic carbocycles. The van der Waals surface area contributed by atoms with Gasteiger partial charge in [-0.25, -0.2) is 9.18 Å². The molecule has 1 aromatic heterocycles. The molecule has 2 unspecified atom stereocenters. The first-order chi connectivity index (χ1) is 15.8. The number of nitrogens with one attached hydrogen (secondary N) is 2. The normalized spacial score (nSPS) is 18.8. The fourth-order valence-corrected chi connectivity index (χ4v) is 4.85. The maximum atomic E-state index is 13.4. The number of hydrogen-bond acceptors (Lipinski definition) is 4. The molecule has 1 fully saturated rings. The van der Waals surface area contributed by atoms with Crippen molar-refractivity contribution in [3.63, 3.8) is 0 Å². The van der Waals surface area contributed by atoms with E-state index in [4.69, 9.17) is 11.6 Å². The quantitative estimate of drug-likeness (QED) is 0.480. The second-order valence-corrected chi connectivity index (χ2v) is 9.07. The van der Waals surface area contributed by atoms with Crippen LogP contribution in [0, 0.1) is 5.82 Å². The molecule has 4 amide bonds. The third-order valence-corrected chi connectivity index (χ3v) is 6.87. The van der Waals surface area contributed by atoms with E-state index in [0.717, 1.165) is 9.78 Å². The van der Waals surface area contributed by atoms with Crippen molar-refractivity contribution < 1.29 is 18.8 Å². The fourth-order valence-electron chi connectivity index (χ4n) is 3.92. The van der Waals surface area contributed by atoms with E-state index in [-0.39, 0.29) is 5.82 Å². The number of urea groups is 1. The van der Waals surface area contributed by atoms with Gasteiger partial charge in [0.25, 0.3) is 5.91 Å². The molecule has 0 bridgehead atoms. The van der Waals surface area contributed by atoms with Gasteiger partial charge in [0.1, 0.15) is 17.9 Å². The van der Waals surface area contributed by atoms with Crippen molar-refractivity contribution in [1.82, 2.24) is 15.5 Å². The minimum absolute atomic E-state index is 0.310. The van der Waals surface area contributed by atoms with Gasteiger partial charge in [-0.05, 0) is 53.3 Å². The Hall–Kier alpha value is -3.23. The minimum Gasteiger partial charge on any atom is -0.343 e. The molecule has 3 aromatic rings. The maximum Gasteiger partial charge on any atom is 0.325 e. The Kier molecular flexibility index (Phi) is 6.49. The van der Waals surface area contributed by atoms with E-state index < -0.39 is 36.0 Å². The summed E-state index contributed by atoms with van der Waals surface area (Å²) in [7, 11) is 0. The van der Waals surface area contributed by atoms with Gasteiger partial charge < -0.3 is 10.6 Å². The highest BCUT2D eigenvalue weighted by atomic mass is 35.5. The van der Waals surface area contributed by atoms with Gasteiger partial charge in [-0.15, -0.1) is 11.3 Å². The molecule has 6 nitrogen and oxygen atoms in total. The summed E-state index contributed by atoms with van der Waals surface area (Å²) in [6, 6.07) is 15.0. The van der Waals surface area contributed by atoms with Crippen LogP contribution in [0.15, 0.2) is 66.0 Å². The second kappa shape index (κ2) is 9.33. The molecular weight excluding hydrogens is 465 g/mol. The van der Waals surface area contributed by atoms with Crippen LogP contribution in [-0.4, -0.2) is 29.3 Å². The van der Waals surface area contributed by atoms with Crippen molar-refractivity contribution in [2.45, 2.75) is 24.9 Å². The van der Waals surface area contributed by atoms with Crippen LogP contribution in [0.4, 0.5) is 9.18 Å². The minimum atomic E-state index is -1.26. The highest BCUT2D eigenvalue weighted by Gasteiger charge is 2.51. The topological polar surface area (TPSA) is 78.5 Å². The van der Waals surface area contributed by atoms with Crippen molar-refractivity contribution in [3.05, 3.63) is 92.9 Å². The van der Waals surface area contributed by atoms with Gasteiger partial charge in [-0.1, -0.05) is 48.9 Å². The Morgan fingerprint density at radius 2 is 1.85 bits per heavy atom. The highest BCUT2D eigenvalue weighted by molar-refractivity contribution is 7.10. The molecule has 1 aliphatic rings. The molecule has 1 saturated heterocycles. The van der Waals surface area contributed by atoms with Gasteiger partial charge >= 0.3 is 6.03 Å². The molecule has 0 spiro atoms. The number of carbonyl (C=O) groups is 3. The predicted octanol–water partition coefficient (Wildman–Crippen LogP) is 4.60. The average Bonchev–Trinajstić information content (AvgIpc) is 3.42. The number of amides is 4. The lowest BCUT2D eigenvalue weighted by Gasteiger charge is -2.26. The Bertz CT molecular complexity index is 1170. The molecule has 2 N–H and O–H groups in total. The number of benzene rings is 2. The first-order valence-electron chi connectivity index (χ1n) is 10.3. The van der Waals surface area contributed by atoms with E-state index in [1.807, 2.05) is 17.5 Å². The zero-order chi connectivity index (χ0) is 23.6. The van der Waals surface area contributed by atoms with Crippen LogP contribution in [0.1, 0.15) is 35.4 Å². The van der Waals surface area contributed by atoms with Crippen LogP contribution in [0.25, 0.3) is 0 Å². The van der Waals surface area contributed by atoms with Crippen molar-refractivity contribution in [3.8, 4) is 0 Å². The lowest BCUT2D eigenvalue weighted by Crippen LogP contribution is -2.45. The highest BCUT2D eigenvalue weighted by Crippen LogP contribution is 2.33. The van der Waals surface area contributed by atoms with Gasteiger partial charge in [0.05, 0.1) is 6.04 Å². The van der Waals surface area contributed by atoms with E-state index in [9.17, 15) is 18.8 Å². The zero-order valence-corrected chi connectivity index (χ0v) is 19.3. The smallest absolute Gasteiger partial charge is 0.325 e. The summed E-state index contributed by atoms with van der Waals surface area (Å²) in [4.78, 5) is 40.7. The van der Waals surface area contributed by atoms with Crippen LogP contribution in [0.3, 0.4) is 0 Å². The summed E-state index contributed by atoms with van der Waals surface area (Å²) in [6.07, 6.45) is 0.310. The monoisotopic (exact) mass is 485 g/mol. The van der Waals surface area contributed by atoms with Crippen molar-refractivity contribution >= 4 is 40.8 Å². The molecule has 33 heavy (non-hydrogen) atoms. The predicted molar refractivity (Wildman–Crippen MR) is 124 cm³/mol. The van der Waals surface area contributed by atoms with Crippen LogP contribution >= 0.6 is 22.9 Å². The van der Waals surface area contributed by atoms with Crippen LogP contribution in [-0.2, 0) is 15.1 Å². The molecular formula is C24H21ClFN3O3S. The van der Waals surface area contributed by atoms with Gasteiger partial charge in [0, 0.05) is 9.90 Å². The van der Waals surface area contributed by atoms with E-state index in [1.54, 1.807) is 43.3 Å². The van der Waals surface area contributed by atoms with Crippen molar-refractivity contribution in [2.75, 3.05) is 6.54 Å². The third kappa shape index (κ3) is 4.49. The lowest BCUT2D eigenvalue weighted by atomic mass is 9.87. The Balaban J connectivity index is 1.54. The first kappa shape index (κ1) is 22.9. The fraction of sp³-hybridized carbons (Fsp3) is 0.208. The summed E-state index contributed by atoms with van der Waals surface area (Å²) < 4.78 is 13.4. The molecule has 2 heterocycles. The van der Waals surface area contributed by atoms with Crippen molar-refractivity contribution in [2.24, 2.45) is 0 Å². The number of thiophene rings is 1. The van der Waals surface area contributed by atoms with E-state index in [2.05, 4.69) is 10.6 Å². The van der Waals surface area contributed by atoms with Gasteiger partial charge in [-0.3, -0.25) is 14.5 Å². The Morgan fingerprint density at radius 1 is 1.15 bits per heavy atom. The van der Waals surface area contributed by atoms with Crippen LogP contribution in [0.2, 0.25) is 5.02 Å². The molecule has 0 radical (unpaired) electrons. The Labute approximate surface area is 199 Å². The second-order valence-electron chi connectivity index (χ2n) is 7.65. The molecule has 170 valence electrons. The summed E-state index contributed by atoms with van der Waals surface area (Å²) in [5.41, 5.74) is 0.0263. The Morgan fingerprint density at radius 3 is 2.45 bits per heavy atom. The van der Waals surface area contributed by atoms with Gasteiger partial charge in [0.15, 0.2) is 0 Å². The van der Waals surface area contributed by atoms with Gasteiger partial charge in [-0.2, -0.15) is 0 Å². The third-order valence-electron chi connectivity index (χ3n) is 5.68. The van der Waals surface area contributed by atoms with Crippen molar-refractivity contribution in [1.29, 1.82) is 0 Å². The number of hydrogen-bond donors (Lipinski definition) is 2. The van der Waals surface area contributed by atoms with Crippen LogP contribution in [0.5, 0.6) is 0 Å². The zero-order valence-electron chi connectivity index (χ0n) is 17.7. The maximum absolute atomic E-state index is 13.4. The van der Waals surface area contributed by atoms with Crippen LogP contribution < -0.4 is 10.6 Å². The number of carbonyl (C=O) groups excluding carboxylic acids is 3. The number of imide groups is 1. The first-order valence-corrected chi connectivity index (χ1v) is 11.6. The number of nitrogens with zero attached hydrogens (tertiary/aromatic N) is 1. The number of halogens is 2. The average molecular weight is 486 g/mol. The lowest BCUT2D eigenvalue weighted by molar-refractivity contribution is -0.135. The van der Waals surface area contributed by atoms with E-state index in [1.165, 1.54) is 23.5 Å². The van der Waals surface area contributed by atoms with Gasteiger partial charge in [0.2, 0.25) is 5.91 Å². The molecule has 1 aliphatic heterocycles. The summed E-state index contributed by atoms with van der Waals surface area (Å²) >= 11 is 7.40. The summed E-state index contributed by atoms with van der Waals surface area (Å²) in [5.74, 6) is -1.39. The molecule has 2 atom stereocenters. The SMILES string of the molecule is CCC1(c2ccc(Cl)cc2)NC(=O)N(CC(=O)NC(c2ccc(F)cc2)c2cccs2)C1=O. The van der Waals surface area contributed by atoms with E-state index >= 15 is 0 Å². The number of rotatable bonds is 7. The summed E-state index contributed by atoms with van der Waals surface area (Å²) in [6.45, 7) is 1.35. The standard InChI is InChI=1S/C24H21ClFN3O3S/c1-2-24(16-7-9-17(25)10-8-16)22(31)29(23(32)28-24)14-20(30)27-21(19-4-3-13-33-19)15-5-11-18(26)12-6-15/h3-13,21H,2,14H2,1H3,(H,27,30)(H,28,32). The largest absolute Gasteiger partial charge is 0.343 e. The van der Waals surface area contributed by atoms with E-state index in [0.29, 0.717) is 22.6 Å². The molecule has 0 aliphatic carbocycles. The molecule has 4 rings (SSSR count). The summed E-state index contributed by atoms with van der Waals surface area (Å²) in [5, 5.41) is 8.01. The molecule has 0 saturated carbocycles.